The van der Waals surface area contributed by atoms with Gasteiger partial charge in [-0.1, -0.05) is 63.3 Å². The molecule has 19 heavy (non-hydrogen) atoms. The van der Waals surface area contributed by atoms with Crippen LogP contribution in [0.5, 0.6) is 0 Å². The van der Waals surface area contributed by atoms with Crippen molar-refractivity contribution in [1.82, 2.24) is 0 Å². The number of unbranched alkanes of at least 4 members (excludes halogenated alkanes) is 6. The van der Waals surface area contributed by atoms with Crippen LogP contribution in [0.3, 0.4) is 0 Å². The summed E-state index contributed by atoms with van der Waals surface area (Å²) in [5, 5.41) is 8.79. The van der Waals surface area contributed by atoms with Crippen LogP contribution in [-0.4, -0.2) is 11.1 Å². The first-order valence-electron chi connectivity index (χ1n) is 7.24. The van der Waals surface area contributed by atoms with Gasteiger partial charge in [0.1, 0.15) is 0 Å². The summed E-state index contributed by atoms with van der Waals surface area (Å²) >= 11 is 0. The number of rotatable bonds is 9. The first kappa shape index (κ1) is 15.5. The number of allylic oxidation sites excluding steroid dienone is 1. The third-order valence-corrected chi connectivity index (χ3v) is 3.19. The first-order chi connectivity index (χ1) is 9.24. The summed E-state index contributed by atoms with van der Waals surface area (Å²) in [5.74, 6) is -0.873. The molecule has 2 heteroatoms. The zero-order valence-electron chi connectivity index (χ0n) is 11.8. The Kier molecular flexibility index (Phi) is 7.64. The molecular weight excluding hydrogens is 236 g/mol. The van der Waals surface area contributed by atoms with Gasteiger partial charge in [0.25, 0.3) is 0 Å². The van der Waals surface area contributed by atoms with E-state index in [9.17, 15) is 4.79 Å². The number of carbonyl (C=O) groups is 1. The smallest absolute Gasteiger partial charge is 0.335 e. The minimum Gasteiger partial charge on any atom is -0.478 e. The standard InChI is InChI=1S/C17H24O2/c1-2-3-4-5-6-7-8-9-10-15-11-13-16(14-12-15)17(18)19/h9-14H,2-8H2,1H3,(H,18,19)/b10-9-. The molecule has 0 aromatic heterocycles. The molecule has 0 aliphatic rings. The quantitative estimate of drug-likeness (QED) is 0.623. The number of hydrogen-bond acceptors (Lipinski definition) is 1. The molecule has 1 rings (SSSR count). The summed E-state index contributed by atoms with van der Waals surface area (Å²) in [4.78, 5) is 10.7. The molecule has 0 heterocycles. The highest BCUT2D eigenvalue weighted by molar-refractivity contribution is 5.87. The van der Waals surface area contributed by atoms with Gasteiger partial charge in [-0.3, -0.25) is 0 Å². The van der Waals surface area contributed by atoms with Crippen molar-refractivity contribution in [3.05, 3.63) is 41.5 Å². The van der Waals surface area contributed by atoms with Crippen LogP contribution in [0.1, 0.15) is 67.8 Å². The maximum absolute atomic E-state index is 10.7. The topological polar surface area (TPSA) is 37.3 Å². The van der Waals surface area contributed by atoms with Crippen molar-refractivity contribution < 1.29 is 9.90 Å². The van der Waals surface area contributed by atoms with E-state index in [0.29, 0.717) is 5.56 Å². The largest absolute Gasteiger partial charge is 0.478 e. The normalized spacial score (nSPS) is 11.0. The van der Waals surface area contributed by atoms with E-state index in [0.717, 1.165) is 12.0 Å². The van der Waals surface area contributed by atoms with E-state index in [2.05, 4.69) is 19.1 Å². The molecular formula is C17H24O2. The average molecular weight is 260 g/mol. The van der Waals surface area contributed by atoms with E-state index in [1.54, 1.807) is 12.1 Å². The fraction of sp³-hybridized carbons (Fsp3) is 0.471. The molecule has 0 bridgehead atoms. The summed E-state index contributed by atoms with van der Waals surface area (Å²) in [7, 11) is 0. The Balaban J connectivity index is 2.20. The molecule has 0 unspecified atom stereocenters. The molecule has 0 amide bonds. The predicted molar refractivity (Wildman–Crippen MR) is 80.4 cm³/mol. The van der Waals surface area contributed by atoms with E-state index < -0.39 is 5.97 Å². The maximum Gasteiger partial charge on any atom is 0.335 e. The number of carboxylic acids is 1. The lowest BCUT2D eigenvalue weighted by molar-refractivity contribution is 0.0697. The zero-order chi connectivity index (χ0) is 13.9. The molecule has 0 atom stereocenters. The Morgan fingerprint density at radius 1 is 1.05 bits per heavy atom. The molecule has 104 valence electrons. The molecule has 2 nitrogen and oxygen atoms in total. The van der Waals surface area contributed by atoms with Gasteiger partial charge < -0.3 is 5.11 Å². The van der Waals surface area contributed by atoms with Crippen molar-refractivity contribution in [3.8, 4) is 0 Å². The van der Waals surface area contributed by atoms with Gasteiger partial charge in [-0.05, 0) is 30.5 Å². The van der Waals surface area contributed by atoms with Crippen molar-refractivity contribution in [2.45, 2.75) is 51.9 Å². The molecule has 0 saturated heterocycles. The average Bonchev–Trinajstić information content (AvgIpc) is 2.42. The Morgan fingerprint density at radius 2 is 1.68 bits per heavy atom. The molecule has 1 aromatic rings. The second-order valence-corrected chi connectivity index (χ2v) is 4.89. The van der Waals surface area contributed by atoms with Crippen LogP contribution in [0.15, 0.2) is 30.3 Å². The number of hydrogen-bond donors (Lipinski definition) is 1. The molecule has 0 aliphatic carbocycles. The van der Waals surface area contributed by atoms with E-state index in [4.69, 9.17) is 5.11 Å². The number of aromatic carboxylic acids is 1. The summed E-state index contributed by atoms with van der Waals surface area (Å²) in [5.41, 5.74) is 1.41. The van der Waals surface area contributed by atoms with Crippen LogP contribution >= 0.6 is 0 Å². The predicted octanol–water partition coefficient (Wildman–Crippen LogP) is 5.15. The van der Waals surface area contributed by atoms with E-state index in [-0.39, 0.29) is 0 Å². The minimum absolute atomic E-state index is 0.341. The number of benzene rings is 1. The van der Waals surface area contributed by atoms with Crippen LogP contribution in [0.25, 0.3) is 6.08 Å². The second-order valence-electron chi connectivity index (χ2n) is 4.89. The molecule has 0 spiro atoms. The highest BCUT2D eigenvalue weighted by atomic mass is 16.4. The molecule has 0 aliphatic heterocycles. The highest BCUT2D eigenvalue weighted by Crippen LogP contribution is 2.10. The maximum atomic E-state index is 10.7. The van der Waals surface area contributed by atoms with E-state index in [1.807, 2.05) is 12.1 Å². The molecule has 1 aromatic carbocycles. The van der Waals surface area contributed by atoms with Gasteiger partial charge in [0, 0.05) is 0 Å². The van der Waals surface area contributed by atoms with E-state index in [1.165, 1.54) is 38.5 Å². The van der Waals surface area contributed by atoms with Crippen molar-refractivity contribution in [2.75, 3.05) is 0 Å². The minimum atomic E-state index is -0.873. The van der Waals surface area contributed by atoms with Gasteiger partial charge in [0.2, 0.25) is 0 Å². The van der Waals surface area contributed by atoms with Crippen molar-refractivity contribution >= 4 is 12.0 Å². The Hall–Kier alpha value is -1.57. The van der Waals surface area contributed by atoms with Crippen LogP contribution in [0.4, 0.5) is 0 Å². The SMILES string of the molecule is CCCCCCCC/C=C\c1ccc(C(=O)O)cc1. The van der Waals surface area contributed by atoms with Gasteiger partial charge in [-0.2, -0.15) is 0 Å². The van der Waals surface area contributed by atoms with Crippen molar-refractivity contribution in [3.63, 3.8) is 0 Å². The van der Waals surface area contributed by atoms with E-state index >= 15 is 0 Å². The van der Waals surface area contributed by atoms with Crippen LogP contribution in [0, 0.1) is 0 Å². The van der Waals surface area contributed by atoms with Crippen LogP contribution < -0.4 is 0 Å². The molecule has 0 fully saturated rings. The number of carboxylic acid groups (broad SMARTS) is 1. The first-order valence-corrected chi connectivity index (χ1v) is 7.24. The summed E-state index contributed by atoms with van der Waals surface area (Å²) in [6, 6.07) is 6.99. The van der Waals surface area contributed by atoms with Gasteiger partial charge in [0.15, 0.2) is 0 Å². The molecule has 0 saturated carbocycles. The van der Waals surface area contributed by atoms with Crippen LogP contribution in [-0.2, 0) is 0 Å². The van der Waals surface area contributed by atoms with Crippen LogP contribution in [0.2, 0.25) is 0 Å². The summed E-state index contributed by atoms with van der Waals surface area (Å²) in [6.45, 7) is 2.23. The fourth-order valence-corrected chi connectivity index (χ4v) is 2.00. The lowest BCUT2D eigenvalue weighted by atomic mass is 10.1. The summed E-state index contributed by atoms with van der Waals surface area (Å²) < 4.78 is 0. The lowest BCUT2D eigenvalue weighted by Gasteiger charge is -1.98. The van der Waals surface area contributed by atoms with Gasteiger partial charge >= 0.3 is 5.97 Å². The Labute approximate surface area is 116 Å². The second kappa shape index (κ2) is 9.37. The molecule has 1 N–H and O–H groups in total. The fourth-order valence-electron chi connectivity index (χ4n) is 2.00. The summed E-state index contributed by atoms with van der Waals surface area (Å²) in [6.07, 6.45) is 13.2. The Morgan fingerprint density at radius 3 is 2.32 bits per heavy atom. The van der Waals surface area contributed by atoms with Crippen molar-refractivity contribution in [2.24, 2.45) is 0 Å². The Bertz CT molecular complexity index is 390. The van der Waals surface area contributed by atoms with Gasteiger partial charge in [-0.25, -0.2) is 4.79 Å². The molecule has 0 radical (unpaired) electrons. The highest BCUT2D eigenvalue weighted by Gasteiger charge is 1.99. The third-order valence-electron chi connectivity index (χ3n) is 3.19. The van der Waals surface area contributed by atoms with Gasteiger partial charge in [-0.15, -0.1) is 0 Å². The van der Waals surface area contributed by atoms with Crippen molar-refractivity contribution in [1.29, 1.82) is 0 Å². The third kappa shape index (κ3) is 6.80. The lowest BCUT2D eigenvalue weighted by Crippen LogP contribution is -1.94. The monoisotopic (exact) mass is 260 g/mol. The van der Waals surface area contributed by atoms with Gasteiger partial charge in [0.05, 0.1) is 5.56 Å². The zero-order valence-corrected chi connectivity index (χ0v) is 11.8.